The van der Waals surface area contributed by atoms with Crippen LogP contribution in [0.1, 0.15) is 33.2 Å². The van der Waals surface area contributed by atoms with Gasteiger partial charge in [0.2, 0.25) is 0 Å². The highest BCUT2D eigenvalue weighted by Gasteiger charge is 2.24. The molecule has 0 aliphatic carbocycles. The van der Waals surface area contributed by atoms with Gasteiger partial charge in [-0.3, -0.25) is 4.79 Å². The third-order valence-electron chi connectivity index (χ3n) is 4.24. The maximum atomic E-state index is 12.5. The first-order chi connectivity index (χ1) is 15.7. The van der Waals surface area contributed by atoms with E-state index in [1.807, 2.05) is 0 Å². The third-order valence-corrected chi connectivity index (χ3v) is 5.99. The first-order valence-corrected chi connectivity index (χ1v) is 12.7. The number of sulfone groups is 1. The van der Waals surface area contributed by atoms with Gasteiger partial charge in [-0.15, -0.1) is 11.3 Å². The van der Waals surface area contributed by atoms with Crippen LogP contribution in [0, 0.1) is 0 Å². The molecule has 3 aromatic rings. The van der Waals surface area contributed by atoms with E-state index in [4.69, 9.17) is 13.9 Å². The molecule has 1 N–H and O–H groups in total. The lowest BCUT2D eigenvalue weighted by Gasteiger charge is -2.09. The van der Waals surface area contributed by atoms with Gasteiger partial charge in [-0.2, -0.15) is 0 Å². The van der Waals surface area contributed by atoms with Crippen molar-refractivity contribution in [1.29, 1.82) is 0 Å². The molecule has 2 aromatic heterocycles. The quantitative estimate of drug-likeness (QED) is 0.450. The molecule has 11 heteroatoms. The van der Waals surface area contributed by atoms with Gasteiger partial charge >= 0.3 is 11.9 Å². The van der Waals surface area contributed by atoms with E-state index in [2.05, 4.69) is 5.32 Å². The van der Waals surface area contributed by atoms with Crippen LogP contribution in [-0.2, 0) is 29.9 Å². The van der Waals surface area contributed by atoms with Gasteiger partial charge in [0.25, 0.3) is 5.91 Å². The second kappa shape index (κ2) is 10.5. The molecule has 0 aliphatic heterocycles. The number of nitrogens with one attached hydrogen (secondary N) is 1. The number of hydrogen-bond acceptors (Lipinski definition) is 9. The Hall–Kier alpha value is -3.44. The first kappa shape index (κ1) is 24.2. The molecule has 9 nitrogen and oxygen atoms in total. The van der Waals surface area contributed by atoms with Crippen molar-refractivity contribution in [2.45, 2.75) is 12.7 Å². The molecule has 0 radical (unpaired) electrons. The minimum Gasteiger partial charge on any atom is -0.464 e. The molecule has 1 amide bonds. The predicted molar refractivity (Wildman–Crippen MR) is 122 cm³/mol. The van der Waals surface area contributed by atoms with E-state index in [1.54, 1.807) is 30.5 Å². The van der Waals surface area contributed by atoms with Crippen molar-refractivity contribution < 1.29 is 36.7 Å². The lowest BCUT2D eigenvalue weighted by atomic mass is 10.1. The summed E-state index contributed by atoms with van der Waals surface area (Å²) >= 11 is 1.10. The average molecular weight is 492 g/mol. The van der Waals surface area contributed by atoms with Crippen molar-refractivity contribution in [3.8, 4) is 11.3 Å². The number of thiophene rings is 1. The average Bonchev–Trinajstić information content (AvgIpc) is 3.41. The molecule has 0 saturated carbocycles. The van der Waals surface area contributed by atoms with Crippen molar-refractivity contribution in [1.82, 2.24) is 0 Å². The number of amides is 1. The van der Waals surface area contributed by atoms with Crippen LogP contribution < -0.4 is 5.32 Å². The van der Waals surface area contributed by atoms with E-state index in [9.17, 15) is 22.8 Å². The molecule has 33 heavy (non-hydrogen) atoms. The number of rotatable bonds is 9. The Balaban J connectivity index is 1.68. The largest absolute Gasteiger partial charge is 0.464 e. The number of carbonyl (C=O) groups excluding carboxylic acids is 3. The van der Waals surface area contributed by atoms with Crippen LogP contribution in [0.25, 0.3) is 11.3 Å². The Kier molecular flexibility index (Phi) is 7.67. The Bertz CT molecular complexity index is 1260. The predicted octanol–water partition coefficient (Wildman–Crippen LogP) is 3.52. The number of benzene rings is 1. The fourth-order valence-electron chi connectivity index (χ4n) is 2.94. The molecular weight excluding hydrogens is 470 g/mol. The van der Waals surface area contributed by atoms with E-state index in [-0.39, 0.29) is 28.5 Å². The van der Waals surface area contributed by atoms with E-state index < -0.39 is 34.3 Å². The van der Waals surface area contributed by atoms with Crippen molar-refractivity contribution >= 4 is 44.0 Å². The Labute approximate surface area is 194 Å². The molecule has 1 aromatic carbocycles. The van der Waals surface area contributed by atoms with Gasteiger partial charge in [-0.25, -0.2) is 18.0 Å². The number of carbonyl (C=O) groups is 3. The standard InChI is InChI=1S/C22H21NO8S2/c1-3-29-22(26)19-16(17-8-5-9-30-17)12-32-20(19)23-18(24)11-31-21(25)15-7-4-6-14(10-15)13-33(2,27)28/h4-10,12H,3,11,13H2,1-2H3,(H,23,24). The molecule has 0 bridgehead atoms. The van der Waals surface area contributed by atoms with Crippen LogP contribution in [0.2, 0.25) is 0 Å². The highest BCUT2D eigenvalue weighted by Crippen LogP contribution is 2.36. The highest BCUT2D eigenvalue weighted by atomic mass is 32.2. The lowest BCUT2D eigenvalue weighted by molar-refractivity contribution is -0.119. The van der Waals surface area contributed by atoms with E-state index in [1.165, 1.54) is 24.5 Å². The minimum atomic E-state index is -3.27. The number of anilines is 1. The molecule has 174 valence electrons. The molecule has 0 fully saturated rings. The van der Waals surface area contributed by atoms with Crippen LogP contribution in [0.4, 0.5) is 5.00 Å². The minimum absolute atomic E-state index is 0.118. The van der Waals surface area contributed by atoms with Gasteiger partial charge in [-0.05, 0) is 36.8 Å². The van der Waals surface area contributed by atoms with Crippen LogP contribution in [-0.4, -0.2) is 45.7 Å². The van der Waals surface area contributed by atoms with Crippen LogP contribution in [0.15, 0.2) is 52.5 Å². The summed E-state index contributed by atoms with van der Waals surface area (Å²) in [5.74, 6) is -1.85. The van der Waals surface area contributed by atoms with Gasteiger partial charge in [0.1, 0.15) is 16.3 Å². The molecular formula is C22H21NO8S2. The third kappa shape index (κ3) is 6.53. The van der Waals surface area contributed by atoms with Crippen molar-refractivity contribution in [3.05, 3.63) is 64.7 Å². The zero-order valence-corrected chi connectivity index (χ0v) is 19.5. The molecule has 0 aliphatic rings. The van der Waals surface area contributed by atoms with Crippen molar-refractivity contribution in [2.75, 3.05) is 24.8 Å². The SMILES string of the molecule is CCOC(=O)c1c(-c2ccco2)csc1NC(=O)COC(=O)c1cccc(CS(C)(=O)=O)c1. The van der Waals surface area contributed by atoms with E-state index in [0.717, 1.165) is 17.6 Å². The molecule has 0 spiro atoms. The van der Waals surface area contributed by atoms with E-state index >= 15 is 0 Å². The van der Waals surface area contributed by atoms with Gasteiger partial charge in [0.05, 0.1) is 24.2 Å². The summed E-state index contributed by atoms with van der Waals surface area (Å²) in [6, 6.07) is 9.31. The van der Waals surface area contributed by atoms with Gasteiger partial charge in [0, 0.05) is 17.2 Å². The second-order valence-electron chi connectivity index (χ2n) is 6.95. The monoisotopic (exact) mass is 491 g/mol. The van der Waals surface area contributed by atoms with Crippen LogP contribution in [0.3, 0.4) is 0 Å². The van der Waals surface area contributed by atoms with Crippen LogP contribution in [0.5, 0.6) is 0 Å². The normalized spacial score (nSPS) is 11.1. The zero-order chi connectivity index (χ0) is 24.0. The Morgan fingerprint density at radius 2 is 1.88 bits per heavy atom. The van der Waals surface area contributed by atoms with Crippen molar-refractivity contribution in [3.63, 3.8) is 0 Å². The summed E-state index contributed by atoms with van der Waals surface area (Å²) in [5, 5.41) is 4.45. The number of ether oxygens (including phenoxy) is 2. The number of furan rings is 1. The molecule has 0 unspecified atom stereocenters. The maximum Gasteiger partial charge on any atom is 0.341 e. The Morgan fingerprint density at radius 3 is 2.55 bits per heavy atom. The molecule has 0 saturated heterocycles. The van der Waals surface area contributed by atoms with Crippen LogP contribution >= 0.6 is 11.3 Å². The summed E-state index contributed by atoms with van der Waals surface area (Å²) < 4.78 is 38.4. The second-order valence-corrected chi connectivity index (χ2v) is 9.97. The van der Waals surface area contributed by atoms with Crippen molar-refractivity contribution in [2.24, 2.45) is 0 Å². The smallest absolute Gasteiger partial charge is 0.341 e. The lowest BCUT2D eigenvalue weighted by Crippen LogP contribution is -2.21. The van der Waals surface area contributed by atoms with Gasteiger partial charge in [-0.1, -0.05) is 12.1 Å². The summed E-state index contributed by atoms with van der Waals surface area (Å²) in [4.78, 5) is 37.2. The molecule has 2 heterocycles. The number of hydrogen-bond donors (Lipinski definition) is 1. The summed E-state index contributed by atoms with van der Waals surface area (Å²) in [5.41, 5.74) is 1.16. The fraction of sp³-hybridized carbons (Fsp3) is 0.227. The summed E-state index contributed by atoms with van der Waals surface area (Å²) in [6.45, 7) is 1.21. The molecule has 3 rings (SSSR count). The van der Waals surface area contributed by atoms with Gasteiger partial charge in [0.15, 0.2) is 16.4 Å². The zero-order valence-electron chi connectivity index (χ0n) is 17.8. The summed E-state index contributed by atoms with van der Waals surface area (Å²) in [7, 11) is -3.27. The number of esters is 2. The highest BCUT2D eigenvalue weighted by molar-refractivity contribution is 7.89. The first-order valence-electron chi connectivity index (χ1n) is 9.74. The summed E-state index contributed by atoms with van der Waals surface area (Å²) in [6.07, 6.45) is 2.55. The molecule has 0 atom stereocenters. The Morgan fingerprint density at radius 1 is 1.09 bits per heavy atom. The van der Waals surface area contributed by atoms with Gasteiger partial charge < -0.3 is 19.2 Å². The fourth-order valence-corrected chi connectivity index (χ4v) is 4.68. The topological polar surface area (TPSA) is 129 Å². The van der Waals surface area contributed by atoms with E-state index in [0.29, 0.717) is 16.9 Å². The maximum absolute atomic E-state index is 12.5.